The highest BCUT2D eigenvalue weighted by atomic mass is 19.3. The number of hydrazine groups is 1. The number of rotatable bonds is 2. The third-order valence-corrected chi connectivity index (χ3v) is 11.9. The standard InChI is InChI=1S/C13H19N3O.C11H11F3O2.C11H17NO.C10H18/c1-9-8-11(17)15-16(9)12-10(13(2,3)4)6-5-7-14-12;1-10(2,3)6-4-8-9(5-7(6)12)16-11(13,14)15-8;1-7-5-8(7)9-6-10(13-12-9)11(2,3)4;1-9(2,3)10-6-4-5-8(10)7-10/h5-7,9H,8H2,1-4H3,(H,15,17);4-5H,1-3H3;6-8H,5H2,1-4H3;8H,4-7H2,1-3H3. The lowest BCUT2D eigenvalue weighted by Gasteiger charge is -2.29. The van der Waals surface area contributed by atoms with Crippen LogP contribution in [0.1, 0.15) is 164 Å². The molecule has 3 saturated carbocycles. The minimum absolute atomic E-state index is 0.0105. The molecule has 2 aliphatic heterocycles. The van der Waals surface area contributed by atoms with E-state index in [0.717, 1.165) is 46.2 Å². The molecule has 0 bridgehead atoms. The van der Waals surface area contributed by atoms with Crippen LogP contribution >= 0.6 is 0 Å². The molecule has 56 heavy (non-hydrogen) atoms. The molecule has 8 nitrogen and oxygen atoms in total. The topological polar surface area (TPSA) is 89.7 Å². The molecule has 4 fully saturated rings. The number of pyridine rings is 1. The molecule has 5 aliphatic rings. The van der Waals surface area contributed by atoms with E-state index in [9.17, 15) is 18.0 Å². The van der Waals surface area contributed by atoms with Crippen LogP contribution in [-0.2, 0) is 21.0 Å². The molecular formula is C45H65F3N4O4. The number of nitrogens with one attached hydrogen (secondary N) is 1. The number of aromatic nitrogens is 2. The highest BCUT2D eigenvalue weighted by molar-refractivity contribution is 5.82. The number of fused-ring (bicyclic) bond motifs is 2. The number of nitrogens with zero attached hydrogens (tertiary/aromatic N) is 3. The fourth-order valence-electron chi connectivity index (χ4n) is 8.21. The van der Waals surface area contributed by atoms with Crippen LogP contribution in [0.2, 0.25) is 0 Å². The zero-order valence-corrected chi connectivity index (χ0v) is 36.1. The largest absolute Gasteiger partial charge is 0.586 e. The van der Waals surface area contributed by atoms with E-state index in [4.69, 9.17) is 4.52 Å². The quantitative estimate of drug-likeness (QED) is 0.277. The number of carbonyl (C=O) groups is 1. The van der Waals surface area contributed by atoms with Gasteiger partial charge < -0.3 is 14.0 Å². The lowest BCUT2D eigenvalue weighted by atomic mass is 9.76. The zero-order valence-electron chi connectivity index (χ0n) is 36.1. The predicted molar refractivity (Wildman–Crippen MR) is 215 cm³/mol. The van der Waals surface area contributed by atoms with Crippen molar-refractivity contribution in [2.24, 2.45) is 22.7 Å². The molecule has 0 radical (unpaired) electrons. The van der Waals surface area contributed by atoms with Gasteiger partial charge in [-0.15, -0.1) is 8.78 Å². The fraction of sp³-hybridized carbons (Fsp3) is 0.667. The van der Waals surface area contributed by atoms with Crippen LogP contribution in [0, 0.1) is 28.5 Å². The Labute approximate surface area is 332 Å². The molecule has 3 aromatic rings. The molecular weight excluding hydrogens is 718 g/mol. The van der Waals surface area contributed by atoms with Crippen molar-refractivity contribution < 1.29 is 32.0 Å². The zero-order chi connectivity index (χ0) is 41.8. The SMILES string of the molecule is CC(C)(C)C12CCCC1C2.CC(C)(C)c1cc2c(cc1F)OC(F)(F)O2.CC1CC(=O)NN1c1ncccc1C(C)(C)C.CC1CC1c1cc(C(C)(C)C)on1. The van der Waals surface area contributed by atoms with Crippen LogP contribution in [-0.4, -0.2) is 28.4 Å². The molecule has 5 atom stereocenters. The monoisotopic (exact) mass is 782 g/mol. The molecule has 4 heterocycles. The molecule has 8 rings (SSSR count). The second kappa shape index (κ2) is 15.2. The number of anilines is 1. The number of benzene rings is 1. The average molecular weight is 783 g/mol. The van der Waals surface area contributed by atoms with Gasteiger partial charge in [-0.25, -0.2) is 9.37 Å². The van der Waals surface area contributed by atoms with E-state index in [1.165, 1.54) is 38.2 Å². The molecule has 11 heteroatoms. The first kappa shape index (κ1) is 43.4. The Morgan fingerprint density at radius 2 is 1.48 bits per heavy atom. The Kier molecular flexibility index (Phi) is 11.8. The average Bonchev–Trinajstić information content (AvgIpc) is 3.62. The van der Waals surface area contributed by atoms with Crippen LogP contribution in [0.15, 0.2) is 41.1 Å². The van der Waals surface area contributed by atoms with Crippen LogP contribution < -0.4 is 19.9 Å². The summed E-state index contributed by atoms with van der Waals surface area (Å²) in [5, 5.41) is 6.00. The van der Waals surface area contributed by atoms with Gasteiger partial charge in [0.1, 0.15) is 11.6 Å². The third kappa shape index (κ3) is 9.84. The summed E-state index contributed by atoms with van der Waals surface area (Å²) in [5.41, 5.74) is 6.48. The van der Waals surface area contributed by atoms with Crippen molar-refractivity contribution in [1.82, 2.24) is 15.6 Å². The van der Waals surface area contributed by atoms with E-state index in [1.807, 2.05) is 18.0 Å². The lowest BCUT2D eigenvalue weighted by molar-refractivity contribution is -0.286. The molecule has 0 spiro atoms. The highest BCUT2D eigenvalue weighted by Crippen LogP contribution is 2.71. The summed E-state index contributed by atoms with van der Waals surface area (Å²) in [4.78, 5) is 15.8. The molecule has 1 saturated heterocycles. The first-order valence-electron chi connectivity index (χ1n) is 20.2. The van der Waals surface area contributed by atoms with Crippen molar-refractivity contribution in [3.05, 3.63) is 64.9 Å². The Balaban J connectivity index is 0.000000145. The van der Waals surface area contributed by atoms with Crippen LogP contribution in [0.4, 0.5) is 19.0 Å². The van der Waals surface area contributed by atoms with Gasteiger partial charge in [0.05, 0.1) is 18.2 Å². The van der Waals surface area contributed by atoms with Gasteiger partial charge in [0.25, 0.3) is 0 Å². The van der Waals surface area contributed by atoms with Gasteiger partial charge >= 0.3 is 6.29 Å². The number of hydrogen-bond donors (Lipinski definition) is 1. The summed E-state index contributed by atoms with van der Waals surface area (Å²) in [6.07, 6.45) is 5.94. The summed E-state index contributed by atoms with van der Waals surface area (Å²) < 4.78 is 52.8. The minimum atomic E-state index is -3.70. The third-order valence-electron chi connectivity index (χ3n) is 11.9. The van der Waals surface area contributed by atoms with Gasteiger partial charge in [-0.2, -0.15) is 0 Å². The summed E-state index contributed by atoms with van der Waals surface area (Å²) in [5.74, 6) is 3.53. The van der Waals surface area contributed by atoms with Crippen molar-refractivity contribution in [1.29, 1.82) is 0 Å². The van der Waals surface area contributed by atoms with Crippen molar-refractivity contribution in [2.45, 2.75) is 170 Å². The van der Waals surface area contributed by atoms with E-state index in [0.29, 0.717) is 23.3 Å². The van der Waals surface area contributed by atoms with E-state index in [1.54, 1.807) is 27.0 Å². The van der Waals surface area contributed by atoms with Crippen LogP contribution in [0.3, 0.4) is 0 Å². The Bertz CT molecular complexity index is 1870. The van der Waals surface area contributed by atoms with E-state index >= 15 is 0 Å². The van der Waals surface area contributed by atoms with Crippen molar-refractivity contribution in [3.63, 3.8) is 0 Å². The van der Waals surface area contributed by atoms with Crippen molar-refractivity contribution >= 4 is 11.7 Å². The second-order valence-electron chi connectivity index (χ2n) is 20.7. The Morgan fingerprint density at radius 1 is 0.875 bits per heavy atom. The number of amides is 1. The van der Waals surface area contributed by atoms with E-state index in [-0.39, 0.29) is 34.3 Å². The number of halogens is 3. The number of ether oxygens (including phenoxy) is 2. The summed E-state index contributed by atoms with van der Waals surface area (Å²) in [6.45, 7) is 29.8. The molecule has 2 aromatic heterocycles. The van der Waals surface area contributed by atoms with Gasteiger partial charge in [0, 0.05) is 35.2 Å². The van der Waals surface area contributed by atoms with Gasteiger partial charge in [-0.3, -0.25) is 15.2 Å². The maximum absolute atomic E-state index is 13.6. The Hall–Kier alpha value is -3.76. The smallest absolute Gasteiger partial charge is 0.395 e. The van der Waals surface area contributed by atoms with Gasteiger partial charge in [-0.1, -0.05) is 108 Å². The molecule has 1 amide bonds. The number of carbonyl (C=O) groups excluding carboxylic acids is 1. The highest BCUT2D eigenvalue weighted by Gasteiger charge is 2.62. The Morgan fingerprint density at radius 3 is 1.91 bits per heavy atom. The summed E-state index contributed by atoms with van der Waals surface area (Å²) in [7, 11) is 0. The summed E-state index contributed by atoms with van der Waals surface area (Å²) in [6, 6.07) is 8.46. The van der Waals surface area contributed by atoms with Crippen LogP contribution in [0.5, 0.6) is 11.5 Å². The minimum Gasteiger partial charge on any atom is -0.395 e. The maximum atomic E-state index is 13.6. The normalized spacial score (nSPS) is 25.8. The van der Waals surface area contributed by atoms with Crippen molar-refractivity contribution in [3.8, 4) is 11.5 Å². The second-order valence-corrected chi connectivity index (χ2v) is 20.7. The first-order valence-corrected chi connectivity index (χ1v) is 20.2. The lowest BCUT2D eigenvalue weighted by Crippen LogP contribution is -2.39. The van der Waals surface area contributed by atoms with Gasteiger partial charge in [0.2, 0.25) is 5.91 Å². The molecule has 5 unspecified atom stereocenters. The van der Waals surface area contributed by atoms with Gasteiger partial charge in [0.15, 0.2) is 17.3 Å². The van der Waals surface area contributed by atoms with E-state index < -0.39 is 17.5 Å². The van der Waals surface area contributed by atoms with Crippen LogP contribution in [0.25, 0.3) is 0 Å². The molecule has 3 aliphatic carbocycles. The molecule has 1 N–H and O–H groups in total. The maximum Gasteiger partial charge on any atom is 0.586 e. The van der Waals surface area contributed by atoms with E-state index in [2.05, 4.69) is 106 Å². The molecule has 310 valence electrons. The first-order chi connectivity index (χ1) is 25.6. The van der Waals surface area contributed by atoms with Gasteiger partial charge in [-0.05, 0) is 83.8 Å². The molecule has 1 aromatic carbocycles. The summed E-state index contributed by atoms with van der Waals surface area (Å²) >= 11 is 0. The number of hydrogen-bond acceptors (Lipinski definition) is 7. The number of alkyl halides is 2. The predicted octanol–water partition coefficient (Wildman–Crippen LogP) is 11.8. The fourth-order valence-corrected chi connectivity index (χ4v) is 8.21. The van der Waals surface area contributed by atoms with Crippen molar-refractivity contribution in [2.75, 3.05) is 5.01 Å².